The second-order valence-electron chi connectivity index (χ2n) is 6.19. The molecule has 8 heteroatoms. The van der Waals surface area contributed by atoms with Gasteiger partial charge in [0, 0.05) is 29.1 Å². The lowest BCUT2D eigenvalue weighted by Gasteiger charge is -2.10. The molecule has 148 valence electrons. The van der Waals surface area contributed by atoms with Gasteiger partial charge in [-0.15, -0.1) is 11.8 Å². The van der Waals surface area contributed by atoms with Crippen LogP contribution in [0.15, 0.2) is 59.6 Å². The fourth-order valence-electron chi connectivity index (χ4n) is 2.85. The van der Waals surface area contributed by atoms with E-state index in [4.69, 9.17) is 11.5 Å². The Morgan fingerprint density at radius 2 is 1.93 bits per heavy atom. The predicted molar refractivity (Wildman–Crippen MR) is 113 cm³/mol. The third-order valence-electron chi connectivity index (χ3n) is 4.33. The summed E-state index contributed by atoms with van der Waals surface area (Å²) in [6, 6.07) is 14.9. The maximum Gasteiger partial charge on any atom is 0.269 e. The molecule has 1 heterocycles. The van der Waals surface area contributed by atoms with E-state index in [1.54, 1.807) is 36.0 Å². The van der Waals surface area contributed by atoms with Gasteiger partial charge in [-0.2, -0.15) is 0 Å². The Morgan fingerprint density at radius 3 is 2.66 bits per heavy atom. The molecule has 1 aromatic heterocycles. The van der Waals surface area contributed by atoms with Crippen LogP contribution in [0.1, 0.15) is 32.1 Å². The molecule has 29 heavy (non-hydrogen) atoms. The molecule has 2 amide bonds. The van der Waals surface area contributed by atoms with Crippen molar-refractivity contribution in [3.05, 3.63) is 77.2 Å². The Bertz CT molecular complexity index is 1050. The van der Waals surface area contributed by atoms with Crippen LogP contribution in [0, 0.1) is 0 Å². The smallest absolute Gasteiger partial charge is 0.269 e. The van der Waals surface area contributed by atoms with E-state index in [2.05, 4.69) is 15.3 Å². The zero-order valence-electron chi connectivity index (χ0n) is 15.9. The van der Waals surface area contributed by atoms with Crippen molar-refractivity contribution in [2.24, 2.45) is 11.5 Å². The van der Waals surface area contributed by atoms with Gasteiger partial charge in [0.2, 0.25) is 0 Å². The Morgan fingerprint density at radius 1 is 1.14 bits per heavy atom. The van der Waals surface area contributed by atoms with Gasteiger partial charge in [-0.3, -0.25) is 14.6 Å². The summed E-state index contributed by atoms with van der Waals surface area (Å²) in [5, 5.41) is 2.94. The molecule has 0 spiro atoms. The normalized spacial score (nSPS) is 10.6. The number of rotatable bonds is 7. The van der Waals surface area contributed by atoms with Gasteiger partial charge in [-0.05, 0) is 30.0 Å². The molecule has 0 aliphatic carbocycles. The number of primary amides is 1. The molecule has 5 N–H and O–H groups in total. The molecular weight excluding hydrogens is 386 g/mol. The summed E-state index contributed by atoms with van der Waals surface area (Å²) in [6.07, 6.45) is 3.52. The minimum absolute atomic E-state index is 0.0357. The summed E-state index contributed by atoms with van der Waals surface area (Å²) in [4.78, 5) is 33.8. The minimum atomic E-state index is -0.693. The maximum absolute atomic E-state index is 12.6. The van der Waals surface area contributed by atoms with Gasteiger partial charge in [0.05, 0.1) is 17.6 Å². The average molecular weight is 407 g/mol. The summed E-state index contributed by atoms with van der Waals surface area (Å²) in [5.74, 6) is -0.898. The quantitative estimate of drug-likeness (QED) is 0.517. The van der Waals surface area contributed by atoms with E-state index in [0.29, 0.717) is 29.1 Å². The molecular formula is C21H21N5O2S. The van der Waals surface area contributed by atoms with Crippen molar-refractivity contribution in [3.63, 3.8) is 0 Å². The lowest BCUT2D eigenvalue weighted by Crippen LogP contribution is -2.23. The maximum atomic E-state index is 12.6. The van der Waals surface area contributed by atoms with E-state index in [0.717, 1.165) is 10.5 Å². The van der Waals surface area contributed by atoms with Crippen LogP contribution in [0.2, 0.25) is 0 Å². The van der Waals surface area contributed by atoms with Gasteiger partial charge in [0.1, 0.15) is 0 Å². The van der Waals surface area contributed by atoms with Crippen LogP contribution in [0.25, 0.3) is 11.3 Å². The van der Waals surface area contributed by atoms with E-state index in [1.165, 1.54) is 6.20 Å². The van der Waals surface area contributed by atoms with Crippen molar-refractivity contribution in [3.8, 4) is 11.3 Å². The molecule has 0 atom stereocenters. The van der Waals surface area contributed by atoms with Crippen LogP contribution < -0.4 is 16.8 Å². The molecule has 0 aliphatic rings. The molecule has 2 aromatic carbocycles. The summed E-state index contributed by atoms with van der Waals surface area (Å²) < 4.78 is 0. The number of aromatic nitrogens is 2. The first-order valence-corrected chi connectivity index (χ1v) is 10.1. The zero-order chi connectivity index (χ0) is 20.8. The van der Waals surface area contributed by atoms with Crippen molar-refractivity contribution in [1.82, 2.24) is 15.3 Å². The molecule has 0 radical (unpaired) electrons. The summed E-state index contributed by atoms with van der Waals surface area (Å²) in [5.41, 5.74) is 14.0. The molecule has 3 rings (SSSR count). The van der Waals surface area contributed by atoms with Crippen LogP contribution >= 0.6 is 11.8 Å². The van der Waals surface area contributed by atoms with Crippen LogP contribution in [0.5, 0.6) is 0 Å². The number of hydrogen-bond donors (Lipinski definition) is 3. The van der Waals surface area contributed by atoms with Crippen LogP contribution in [0.3, 0.4) is 0 Å². The topological polar surface area (TPSA) is 124 Å². The van der Waals surface area contributed by atoms with Gasteiger partial charge < -0.3 is 16.8 Å². The fourth-order valence-corrected chi connectivity index (χ4v) is 3.46. The number of nitrogens with two attached hydrogens (primary N) is 2. The number of carbonyl (C=O) groups is 2. The molecule has 0 saturated carbocycles. The van der Waals surface area contributed by atoms with E-state index >= 15 is 0 Å². The molecule has 0 aliphatic heterocycles. The van der Waals surface area contributed by atoms with Gasteiger partial charge in [0.25, 0.3) is 11.8 Å². The Kier molecular flexibility index (Phi) is 6.58. The van der Waals surface area contributed by atoms with Crippen LogP contribution in [0.4, 0.5) is 0 Å². The van der Waals surface area contributed by atoms with Crippen molar-refractivity contribution in [2.45, 2.75) is 18.0 Å². The zero-order valence-corrected chi connectivity index (χ0v) is 16.7. The number of thioether (sulfide) groups is 1. The number of nitrogens with one attached hydrogen (secondary N) is 1. The molecule has 0 fully saturated rings. The first-order chi connectivity index (χ1) is 14.0. The molecule has 3 aromatic rings. The number of hydrogen-bond acceptors (Lipinski definition) is 6. The SMILES string of the molecule is CSc1ccccc1CNC(=O)c1cccc(-c2cnc(CN)c(C(N)=O)n2)c1. The van der Waals surface area contributed by atoms with E-state index < -0.39 is 5.91 Å². The standard InChI is InChI=1S/C21H21N5O2S/c1-29-18-8-3-2-5-15(18)11-25-21(28)14-7-4-6-13(9-14)17-12-24-16(10-22)19(26-17)20(23)27/h2-9,12H,10-11,22H2,1H3,(H2,23,27)(H,25,28). The lowest BCUT2D eigenvalue weighted by atomic mass is 10.1. The molecule has 0 saturated heterocycles. The monoisotopic (exact) mass is 407 g/mol. The van der Waals surface area contributed by atoms with Crippen molar-refractivity contribution in [1.29, 1.82) is 0 Å². The average Bonchev–Trinajstić information content (AvgIpc) is 2.77. The number of amides is 2. The molecule has 0 unspecified atom stereocenters. The third kappa shape index (κ3) is 4.79. The summed E-state index contributed by atoms with van der Waals surface area (Å²) in [7, 11) is 0. The van der Waals surface area contributed by atoms with Gasteiger partial charge in [-0.1, -0.05) is 30.3 Å². The summed E-state index contributed by atoms with van der Waals surface area (Å²) >= 11 is 1.64. The lowest BCUT2D eigenvalue weighted by molar-refractivity contribution is 0.0949. The first-order valence-electron chi connectivity index (χ1n) is 8.89. The van der Waals surface area contributed by atoms with Crippen molar-refractivity contribution in [2.75, 3.05) is 6.26 Å². The van der Waals surface area contributed by atoms with Gasteiger partial charge in [0.15, 0.2) is 5.69 Å². The van der Waals surface area contributed by atoms with E-state index in [9.17, 15) is 9.59 Å². The van der Waals surface area contributed by atoms with Crippen molar-refractivity contribution < 1.29 is 9.59 Å². The van der Waals surface area contributed by atoms with E-state index in [1.807, 2.05) is 30.5 Å². The number of nitrogens with zero attached hydrogens (tertiary/aromatic N) is 2. The Balaban J connectivity index is 1.81. The van der Waals surface area contributed by atoms with Crippen LogP contribution in [-0.2, 0) is 13.1 Å². The minimum Gasteiger partial charge on any atom is -0.364 e. The second kappa shape index (κ2) is 9.31. The predicted octanol–water partition coefficient (Wildman–Crippen LogP) is 2.35. The number of carbonyl (C=O) groups excluding carboxylic acids is 2. The molecule has 7 nitrogen and oxygen atoms in total. The van der Waals surface area contributed by atoms with Gasteiger partial charge in [-0.25, -0.2) is 4.98 Å². The van der Waals surface area contributed by atoms with E-state index in [-0.39, 0.29) is 18.1 Å². The highest BCUT2D eigenvalue weighted by molar-refractivity contribution is 7.98. The second-order valence-corrected chi connectivity index (χ2v) is 7.04. The fraction of sp³-hybridized carbons (Fsp3) is 0.143. The third-order valence-corrected chi connectivity index (χ3v) is 5.17. The van der Waals surface area contributed by atoms with Crippen LogP contribution in [-0.4, -0.2) is 28.0 Å². The largest absolute Gasteiger partial charge is 0.364 e. The number of benzene rings is 2. The first kappa shape index (κ1) is 20.5. The van der Waals surface area contributed by atoms with Crippen molar-refractivity contribution >= 4 is 23.6 Å². The Hall–Kier alpha value is -3.23. The Labute approximate surface area is 172 Å². The molecule has 0 bridgehead atoms. The highest BCUT2D eigenvalue weighted by Crippen LogP contribution is 2.21. The summed E-state index contributed by atoms with van der Waals surface area (Å²) in [6.45, 7) is 0.489. The van der Waals surface area contributed by atoms with Gasteiger partial charge >= 0.3 is 0 Å². The highest BCUT2D eigenvalue weighted by Gasteiger charge is 2.14. The highest BCUT2D eigenvalue weighted by atomic mass is 32.2.